The molecule has 0 aliphatic heterocycles. The largest absolute Gasteiger partial charge is 0.485 e. The zero-order valence-electron chi connectivity index (χ0n) is 14.0. The highest BCUT2D eigenvalue weighted by molar-refractivity contribution is 6.27. The molecular weight excluding hydrogens is 350 g/mol. The molecule has 0 unspecified atom stereocenters. The van der Waals surface area contributed by atoms with Gasteiger partial charge in [-0.25, -0.2) is 14.6 Å². The Labute approximate surface area is 153 Å². The van der Waals surface area contributed by atoms with Crippen LogP contribution in [0.4, 0.5) is 0 Å². The number of nitrogens with zero attached hydrogens (tertiary/aromatic N) is 3. The van der Waals surface area contributed by atoms with Gasteiger partial charge >= 0.3 is 11.9 Å². The van der Waals surface area contributed by atoms with Gasteiger partial charge in [0.15, 0.2) is 0 Å². The molecule has 0 aliphatic carbocycles. The minimum absolute atomic E-state index is 0.428. The van der Waals surface area contributed by atoms with Crippen LogP contribution in [0.5, 0.6) is 5.75 Å². The molecule has 0 atom stereocenters. The van der Waals surface area contributed by atoms with Crippen molar-refractivity contribution in [2.45, 2.75) is 6.61 Å². The molecule has 0 saturated carbocycles. The Hall–Kier alpha value is -3.94. The number of aliphatic carboxylic acids is 2. The number of pyridine rings is 2. The number of carboxylic acid groups (broad SMARTS) is 2. The van der Waals surface area contributed by atoms with E-state index in [2.05, 4.69) is 9.97 Å². The van der Waals surface area contributed by atoms with Crippen LogP contribution < -0.4 is 4.74 Å². The van der Waals surface area contributed by atoms with Crippen LogP contribution in [-0.4, -0.2) is 36.5 Å². The van der Waals surface area contributed by atoms with E-state index in [1.54, 1.807) is 6.20 Å². The summed E-state index contributed by atoms with van der Waals surface area (Å²) in [5.74, 6) is -2.87. The molecule has 0 saturated heterocycles. The molecule has 4 rings (SSSR count). The molecule has 27 heavy (non-hydrogen) atoms. The molecule has 3 aromatic heterocycles. The standard InChI is InChI=1S/C17H13N3O.C2H2O4/c1-2-10-20-11-14(19-16(20)8-1)12-21-15-7-3-5-13-6-4-9-18-17(13)15;3-1(4)2(5)6/h1-11H,12H2;(H,3,4)(H,5,6). The van der Waals surface area contributed by atoms with Gasteiger partial charge in [0.25, 0.3) is 0 Å². The van der Waals surface area contributed by atoms with Crippen molar-refractivity contribution >= 4 is 28.5 Å². The number of ether oxygens (including phenoxy) is 1. The number of imidazole rings is 1. The highest BCUT2D eigenvalue weighted by Crippen LogP contribution is 2.23. The van der Waals surface area contributed by atoms with Crippen molar-refractivity contribution in [2.24, 2.45) is 0 Å². The number of carbonyl (C=O) groups is 2. The van der Waals surface area contributed by atoms with Crippen LogP contribution in [0, 0.1) is 0 Å². The van der Waals surface area contributed by atoms with Gasteiger partial charge in [0.1, 0.15) is 23.5 Å². The number of aromatic nitrogens is 3. The van der Waals surface area contributed by atoms with Gasteiger partial charge < -0.3 is 19.4 Å². The molecule has 136 valence electrons. The number of para-hydroxylation sites is 1. The van der Waals surface area contributed by atoms with Gasteiger partial charge in [0.2, 0.25) is 0 Å². The van der Waals surface area contributed by atoms with Gasteiger partial charge in [0.05, 0.1) is 5.69 Å². The van der Waals surface area contributed by atoms with Gasteiger partial charge in [0, 0.05) is 24.0 Å². The summed E-state index contributed by atoms with van der Waals surface area (Å²) in [4.78, 5) is 27.1. The van der Waals surface area contributed by atoms with Crippen molar-refractivity contribution in [3.63, 3.8) is 0 Å². The van der Waals surface area contributed by atoms with Gasteiger partial charge in [-0.15, -0.1) is 0 Å². The first-order valence-electron chi connectivity index (χ1n) is 7.90. The fraction of sp³-hybridized carbons (Fsp3) is 0.0526. The van der Waals surface area contributed by atoms with Gasteiger partial charge in [-0.1, -0.05) is 24.3 Å². The van der Waals surface area contributed by atoms with E-state index in [0.29, 0.717) is 6.61 Å². The molecule has 0 radical (unpaired) electrons. The Morgan fingerprint density at radius 3 is 2.52 bits per heavy atom. The molecule has 0 bridgehead atoms. The monoisotopic (exact) mass is 365 g/mol. The molecule has 1 aromatic carbocycles. The van der Waals surface area contributed by atoms with Gasteiger partial charge in [-0.3, -0.25) is 4.98 Å². The minimum Gasteiger partial charge on any atom is -0.485 e. The Kier molecular flexibility index (Phi) is 5.27. The van der Waals surface area contributed by atoms with Crippen LogP contribution in [0.15, 0.2) is 67.1 Å². The predicted molar refractivity (Wildman–Crippen MR) is 96.5 cm³/mol. The van der Waals surface area contributed by atoms with E-state index < -0.39 is 11.9 Å². The minimum atomic E-state index is -1.82. The molecule has 2 N–H and O–H groups in total. The quantitative estimate of drug-likeness (QED) is 0.536. The third-order valence-electron chi connectivity index (χ3n) is 3.57. The first-order chi connectivity index (χ1) is 13.0. The van der Waals surface area contributed by atoms with Crippen molar-refractivity contribution in [1.82, 2.24) is 14.4 Å². The van der Waals surface area contributed by atoms with E-state index in [1.807, 2.05) is 65.3 Å². The molecule has 8 nitrogen and oxygen atoms in total. The molecule has 0 amide bonds. The third-order valence-corrected chi connectivity index (χ3v) is 3.57. The zero-order chi connectivity index (χ0) is 19.2. The fourth-order valence-corrected chi connectivity index (χ4v) is 2.40. The summed E-state index contributed by atoms with van der Waals surface area (Å²) >= 11 is 0. The van der Waals surface area contributed by atoms with E-state index in [0.717, 1.165) is 28.0 Å². The van der Waals surface area contributed by atoms with Crippen molar-refractivity contribution < 1.29 is 24.5 Å². The number of hydrogen-bond acceptors (Lipinski definition) is 5. The lowest BCUT2D eigenvalue weighted by Crippen LogP contribution is -2.09. The number of fused-ring (bicyclic) bond motifs is 2. The van der Waals surface area contributed by atoms with Crippen LogP contribution in [0.25, 0.3) is 16.6 Å². The summed E-state index contributed by atoms with van der Waals surface area (Å²) in [6.07, 6.45) is 5.74. The van der Waals surface area contributed by atoms with Crippen LogP contribution in [0.3, 0.4) is 0 Å². The van der Waals surface area contributed by atoms with E-state index in [-0.39, 0.29) is 0 Å². The van der Waals surface area contributed by atoms with Crippen LogP contribution in [-0.2, 0) is 16.2 Å². The smallest absolute Gasteiger partial charge is 0.414 e. The van der Waals surface area contributed by atoms with Crippen LogP contribution >= 0.6 is 0 Å². The molecule has 8 heteroatoms. The number of hydrogen-bond donors (Lipinski definition) is 2. The molecular formula is C19H15N3O5. The molecule has 0 fully saturated rings. The number of benzene rings is 1. The number of rotatable bonds is 3. The topological polar surface area (TPSA) is 114 Å². The molecule has 3 heterocycles. The average molecular weight is 365 g/mol. The van der Waals surface area contributed by atoms with Crippen molar-refractivity contribution in [3.8, 4) is 5.75 Å². The average Bonchev–Trinajstić information content (AvgIpc) is 3.09. The number of carboxylic acids is 2. The van der Waals surface area contributed by atoms with Crippen molar-refractivity contribution in [3.05, 3.63) is 72.8 Å². The molecule has 4 aromatic rings. The lowest BCUT2D eigenvalue weighted by molar-refractivity contribution is -0.159. The summed E-state index contributed by atoms with van der Waals surface area (Å²) in [6.45, 7) is 0.428. The predicted octanol–water partition coefficient (Wildman–Crippen LogP) is 2.62. The third kappa shape index (κ3) is 4.37. The normalized spacial score (nSPS) is 10.2. The Balaban J connectivity index is 0.000000307. The molecule has 0 aliphatic rings. The Morgan fingerprint density at radius 1 is 1.00 bits per heavy atom. The summed E-state index contributed by atoms with van der Waals surface area (Å²) in [5.41, 5.74) is 2.70. The van der Waals surface area contributed by atoms with E-state index in [4.69, 9.17) is 24.5 Å². The maximum Gasteiger partial charge on any atom is 0.414 e. The second-order valence-corrected chi connectivity index (χ2v) is 5.43. The van der Waals surface area contributed by atoms with Crippen molar-refractivity contribution in [1.29, 1.82) is 0 Å². The van der Waals surface area contributed by atoms with Gasteiger partial charge in [-0.2, -0.15) is 0 Å². The van der Waals surface area contributed by atoms with Crippen LogP contribution in [0.1, 0.15) is 5.69 Å². The van der Waals surface area contributed by atoms with E-state index in [1.165, 1.54) is 0 Å². The highest BCUT2D eigenvalue weighted by Gasteiger charge is 2.06. The van der Waals surface area contributed by atoms with Crippen molar-refractivity contribution in [2.75, 3.05) is 0 Å². The SMILES string of the molecule is O=C(O)C(=O)O.c1cnc2c(OCc3cn4ccccc4n3)cccc2c1. The zero-order valence-corrected chi connectivity index (χ0v) is 14.0. The summed E-state index contributed by atoms with van der Waals surface area (Å²) in [7, 11) is 0. The maximum atomic E-state index is 9.10. The first kappa shape index (κ1) is 17.9. The Morgan fingerprint density at radius 2 is 1.78 bits per heavy atom. The highest BCUT2D eigenvalue weighted by atomic mass is 16.5. The lowest BCUT2D eigenvalue weighted by Gasteiger charge is -2.06. The second-order valence-electron chi connectivity index (χ2n) is 5.43. The van der Waals surface area contributed by atoms with E-state index in [9.17, 15) is 0 Å². The second kappa shape index (κ2) is 7.96. The van der Waals surface area contributed by atoms with Gasteiger partial charge in [-0.05, 0) is 24.3 Å². The van der Waals surface area contributed by atoms with Crippen LogP contribution in [0.2, 0.25) is 0 Å². The first-order valence-corrected chi connectivity index (χ1v) is 7.90. The maximum absolute atomic E-state index is 9.10. The lowest BCUT2D eigenvalue weighted by atomic mass is 10.2. The van der Waals surface area contributed by atoms with E-state index >= 15 is 0 Å². The summed E-state index contributed by atoms with van der Waals surface area (Å²) < 4.78 is 7.88. The summed E-state index contributed by atoms with van der Waals surface area (Å²) in [5, 5.41) is 15.9. The fourth-order valence-electron chi connectivity index (χ4n) is 2.40. The summed E-state index contributed by atoms with van der Waals surface area (Å²) in [6, 6.07) is 15.8. The Bertz CT molecular complexity index is 1060. The molecule has 0 spiro atoms.